The lowest BCUT2D eigenvalue weighted by Crippen LogP contribution is -2.41. The SMILES string of the molecule is CCC(CC)(CN)C(=O)Nc1cccnc1C.Cl.Cl. The minimum absolute atomic E-state index is 0. The summed E-state index contributed by atoms with van der Waals surface area (Å²) >= 11 is 0. The minimum atomic E-state index is -0.470. The third-order valence-corrected chi connectivity index (χ3v) is 3.48. The Morgan fingerprint density at radius 1 is 1.37 bits per heavy atom. The van der Waals surface area contributed by atoms with Gasteiger partial charge in [0.25, 0.3) is 0 Å². The molecule has 0 aliphatic heterocycles. The van der Waals surface area contributed by atoms with E-state index in [4.69, 9.17) is 5.73 Å². The van der Waals surface area contributed by atoms with Gasteiger partial charge in [-0.1, -0.05) is 13.8 Å². The average Bonchev–Trinajstić information content (AvgIpc) is 2.35. The number of halogens is 2. The van der Waals surface area contributed by atoms with E-state index in [-0.39, 0.29) is 30.7 Å². The quantitative estimate of drug-likeness (QED) is 0.879. The molecule has 4 nitrogen and oxygen atoms in total. The van der Waals surface area contributed by atoms with Gasteiger partial charge in [-0.3, -0.25) is 9.78 Å². The number of anilines is 1. The number of rotatable bonds is 5. The van der Waals surface area contributed by atoms with Crippen LogP contribution in [0.15, 0.2) is 18.3 Å². The number of hydrogen-bond donors (Lipinski definition) is 2. The zero-order valence-corrected chi connectivity index (χ0v) is 13.2. The van der Waals surface area contributed by atoms with Crippen LogP contribution < -0.4 is 11.1 Å². The molecule has 0 fully saturated rings. The molecule has 1 heterocycles. The van der Waals surface area contributed by atoms with Crippen LogP contribution in [0.5, 0.6) is 0 Å². The lowest BCUT2D eigenvalue weighted by Gasteiger charge is -2.28. The zero-order valence-electron chi connectivity index (χ0n) is 11.6. The Morgan fingerprint density at radius 2 is 1.95 bits per heavy atom. The van der Waals surface area contributed by atoms with Crippen LogP contribution >= 0.6 is 24.8 Å². The molecule has 0 aliphatic rings. The van der Waals surface area contributed by atoms with Crippen molar-refractivity contribution in [3.8, 4) is 0 Å². The standard InChI is InChI=1S/C13H21N3O.2ClH/c1-4-13(5-2,9-14)12(17)16-11-7-6-8-15-10(11)3;;/h6-8H,4-5,9,14H2,1-3H3,(H,16,17);2*1H. The van der Waals surface area contributed by atoms with Gasteiger partial charge in [0.2, 0.25) is 5.91 Å². The second-order valence-electron chi connectivity index (χ2n) is 4.28. The Labute approximate surface area is 127 Å². The van der Waals surface area contributed by atoms with Crippen LogP contribution in [-0.4, -0.2) is 17.4 Å². The second-order valence-corrected chi connectivity index (χ2v) is 4.28. The summed E-state index contributed by atoms with van der Waals surface area (Å²) in [5.74, 6) is -0.0129. The molecular weight excluding hydrogens is 285 g/mol. The summed E-state index contributed by atoms with van der Waals surface area (Å²) in [6.45, 7) is 6.22. The number of nitrogens with two attached hydrogens (primary N) is 1. The van der Waals surface area contributed by atoms with Crippen molar-refractivity contribution < 1.29 is 4.79 Å². The molecule has 19 heavy (non-hydrogen) atoms. The summed E-state index contributed by atoms with van der Waals surface area (Å²) in [5, 5.41) is 2.92. The first-order valence-electron chi connectivity index (χ1n) is 6.02. The lowest BCUT2D eigenvalue weighted by molar-refractivity contribution is -0.125. The Bertz CT molecular complexity index is 387. The number of aryl methyl sites for hydroxylation is 1. The Balaban J connectivity index is 0. The first-order valence-corrected chi connectivity index (χ1v) is 6.02. The first-order chi connectivity index (χ1) is 8.09. The lowest BCUT2D eigenvalue weighted by atomic mass is 9.81. The number of aromatic nitrogens is 1. The van der Waals surface area contributed by atoms with Gasteiger partial charge in [-0.2, -0.15) is 0 Å². The summed E-state index contributed by atoms with van der Waals surface area (Å²) in [6.07, 6.45) is 3.19. The number of nitrogens with one attached hydrogen (secondary N) is 1. The normalized spacial score (nSPS) is 10.1. The predicted molar refractivity (Wildman–Crippen MR) is 84.2 cm³/mol. The highest BCUT2D eigenvalue weighted by Gasteiger charge is 2.33. The molecule has 110 valence electrons. The van der Waals surface area contributed by atoms with Crippen molar-refractivity contribution in [2.75, 3.05) is 11.9 Å². The molecule has 0 radical (unpaired) electrons. The molecule has 1 rings (SSSR count). The summed E-state index contributed by atoms with van der Waals surface area (Å²) in [7, 11) is 0. The molecule has 0 aliphatic carbocycles. The molecule has 6 heteroatoms. The largest absolute Gasteiger partial charge is 0.329 e. The molecule has 0 saturated carbocycles. The summed E-state index contributed by atoms with van der Waals surface area (Å²) in [4.78, 5) is 16.4. The van der Waals surface area contributed by atoms with E-state index in [2.05, 4.69) is 10.3 Å². The van der Waals surface area contributed by atoms with Crippen molar-refractivity contribution >= 4 is 36.4 Å². The van der Waals surface area contributed by atoms with E-state index < -0.39 is 5.41 Å². The van der Waals surface area contributed by atoms with E-state index in [1.807, 2.05) is 32.9 Å². The van der Waals surface area contributed by atoms with Crippen molar-refractivity contribution in [1.82, 2.24) is 4.98 Å². The number of carbonyl (C=O) groups excluding carboxylic acids is 1. The second kappa shape index (κ2) is 9.13. The van der Waals surface area contributed by atoms with E-state index in [0.29, 0.717) is 6.54 Å². The molecule has 0 atom stereocenters. The number of pyridine rings is 1. The van der Waals surface area contributed by atoms with Crippen molar-refractivity contribution in [3.05, 3.63) is 24.0 Å². The predicted octanol–water partition coefficient (Wildman–Crippen LogP) is 2.94. The van der Waals surface area contributed by atoms with Crippen LogP contribution in [0.25, 0.3) is 0 Å². The fraction of sp³-hybridized carbons (Fsp3) is 0.538. The van der Waals surface area contributed by atoms with Gasteiger partial charge in [0.05, 0.1) is 16.8 Å². The van der Waals surface area contributed by atoms with Gasteiger partial charge in [0, 0.05) is 12.7 Å². The van der Waals surface area contributed by atoms with Crippen molar-refractivity contribution in [2.45, 2.75) is 33.6 Å². The summed E-state index contributed by atoms with van der Waals surface area (Å²) in [5.41, 5.74) is 6.85. The van der Waals surface area contributed by atoms with Crippen molar-refractivity contribution in [2.24, 2.45) is 11.1 Å². The van der Waals surface area contributed by atoms with Crippen LogP contribution in [0, 0.1) is 12.3 Å². The Hall–Kier alpha value is -0.840. The molecule has 1 amide bonds. The maximum Gasteiger partial charge on any atom is 0.231 e. The van der Waals surface area contributed by atoms with Gasteiger partial charge >= 0.3 is 0 Å². The molecule has 3 N–H and O–H groups in total. The fourth-order valence-electron chi connectivity index (χ4n) is 1.82. The third kappa shape index (κ3) is 4.64. The smallest absolute Gasteiger partial charge is 0.231 e. The monoisotopic (exact) mass is 307 g/mol. The highest BCUT2D eigenvalue weighted by molar-refractivity contribution is 5.95. The average molecular weight is 308 g/mol. The van der Waals surface area contributed by atoms with Gasteiger partial charge in [-0.25, -0.2) is 0 Å². The third-order valence-electron chi connectivity index (χ3n) is 3.48. The van der Waals surface area contributed by atoms with Gasteiger partial charge in [-0.05, 0) is 31.9 Å². The van der Waals surface area contributed by atoms with Gasteiger partial charge in [-0.15, -0.1) is 24.8 Å². The van der Waals surface area contributed by atoms with Crippen LogP contribution in [-0.2, 0) is 4.79 Å². The Morgan fingerprint density at radius 3 is 2.37 bits per heavy atom. The van der Waals surface area contributed by atoms with Crippen LogP contribution in [0.2, 0.25) is 0 Å². The first kappa shape index (κ1) is 20.5. The van der Waals surface area contributed by atoms with Crippen LogP contribution in [0.4, 0.5) is 5.69 Å². The van der Waals surface area contributed by atoms with Gasteiger partial charge < -0.3 is 11.1 Å². The van der Waals surface area contributed by atoms with Crippen LogP contribution in [0.1, 0.15) is 32.4 Å². The van der Waals surface area contributed by atoms with E-state index in [0.717, 1.165) is 24.2 Å². The molecular formula is C13H23Cl2N3O. The van der Waals surface area contributed by atoms with E-state index >= 15 is 0 Å². The molecule has 0 bridgehead atoms. The van der Waals surface area contributed by atoms with Crippen molar-refractivity contribution in [1.29, 1.82) is 0 Å². The Kier molecular flexibility index (Phi) is 9.84. The van der Waals surface area contributed by atoms with Crippen molar-refractivity contribution in [3.63, 3.8) is 0 Å². The number of amides is 1. The highest BCUT2D eigenvalue weighted by Crippen LogP contribution is 2.27. The number of carbonyl (C=O) groups is 1. The van der Waals surface area contributed by atoms with Crippen LogP contribution in [0.3, 0.4) is 0 Å². The highest BCUT2D eigenvalue weighted by atomic mass is 35.5. The maximum absolute atomic E-state index is 12.3. The number of hydrogen-bond acceptors (Lipinski definition) is 3. The van der Waals surface area contributed by atoms with E-state index in [9.17, 15) is 4.79 Å². The maximum atomic E-state index is 12.3. The van der Waals surface area contributed by atoms with E-state index in [1.54, 1.807) is 6.20 Å². The van der Waals surface area contributed by atoms with Gasteiger partial charge in [0.1, 0.15) is 0 Å². The topological polar surface area (TPSA) is 68.0 Å². The zero-order chi connectivity index (χ0) is 12.9. The molecule has 0 saturated heterocycles. The minimum Gasteiger partial charge on any atom is -0.329 e. The summed E-state index contributed by atoms with van der Waals surface area (Å²) < 4.78 is 0. The molecule has 1 aromatic heterocycles. The molecule has 0 spiro atoms. The molecule has 0 aromatic carbocycles. The van der Waals surface area contributed by atoms with Gasteiger partial charge in [0.15, 0.2) is 0 Å². The number of nitrogens with zero attached hydrogens (tertiary/aromatic N) is 1. The summed E-state index contributed by atoms with van der Waals surface area (Å²) in [6, 6.07) is 3.66. The molecule has 1 aromatic rings. The van der Waals surface area contributed by atoms with E-state index in [1.165, 1.54) is 0 Å². The fourth-order valence-corrected chi connectivity index (χ4v) is 1.82. The molecule has 0 unspecified atom stereocenters.